The van der Waals surface area contributed by atoms with Crippen molar-refractivity contribution in [2.24, 2.45) is 0 Å². The highest BCUT2D eigenvalue weighted by Gasteiger charge is 2.52. The Kier molecular flexibility index (Phi) is 9.13. The van der Waals surface area contributed by atoms with E-state index < -0.39 is 30.0 Å². The Morgan fingerprint density at radius 2 is 1.46 bits per heavy atom. The first-order valence-corrected chi connectivity index (χ1v) is 16.9. The van der Waals surface area contributed by atoms with Gasteiger partial charge in [0, 0.05) is 44.3 Å². The largest absolute Gasteiger partial charge is 0.495 e. The van der Waals surface area contributed by atoms with E-state index in [1.165, 1.54) is 22.3 Å². The predicted molar refractivity (Wildman–Crippen MR) is 189 cm³/mol. The average molecular weight is 654 g/mol. The molecule has 0 atom stereocenters. The minimum Gasteiger partial charge on any atom is -0.448 e. The topological polar surface area (TPSA) is 89.6 Å². The zero-order valence-electron chi connectivity index (χ0n) is 29.5. The number of fused-ring (bicyclic) bond motifs is 3. The molecule has 254 valence electrons. The maximum atomic E-state index is 13.2. The van der Waals surface area contributed by atoms with Gasteiger partial charge in [0.25, 0.3) is 0 Å². The van der Waals surface area contributed by atoms with Crippen LogP contribution in [-0.4, -0.2) is 78.7 Å². The van der Waals surface area contributed by atoms with Crippen LogP contribution in [0.15, 0.2) is 60.7 Å². The Labute approximate surface area is 285 Å². The molecule has 10 heteroatoms. The van der Waals surface area contributed by atoms with E-state index in [2.05, 4.69) is 53.5 Å². The van der Waals surface area contributed by atoms with E-state index in [0.29, 0.717) is 45.0 Å². The van der Waals surface area contributed by atoms with Gasteiger partial charge in [0.15, 0.2) is 0 Å². The van der Waals surface area contributed by atoms with Crippen molar-refractivity contribution in [3.8, 4) is 11.1 Å². The van der Waals surface area contributed by atoms with Crippen LogP contribution in [0.3, 0.4) is 0 Å². The SMILES string of the molecule is Cc1c(CN2CCN(C(=O)OCC3c4ccccc4-c4ccccc43)CC2)cc(NC(=O)OC(C)(C)C)cc1B1OC(C)(C)C(C)(C)O1. The highest BCUT2D eigenvalue weighted by atomic mass is 16.7. The monoisotopic (exact) mass is 653 g/mol. The summed E-state index contributed by atoms with van der Waals surface area (Å²) in [6.45, 7) is 19.2. The molecule has 3 aliphatic rings. The molecule has 3 aromatic rings. The molecule has 2 aliphatic heterocycles. The molecule has 0 unspecified atom stereocenters. The van der Waals surface area contributed by atoms with Gasteiger partial charge in [-0.2, -0.15) is 0 Å². The van der Waals surface area contributed by atoms with Gasteiger partial charge in [-0.1, -0.05) is 48.5 Å². The lowest BCUT2D eigenvalue weighted by atomic mass is 9.74. The van der Waals surface area contributed by atoms with E-state index >= 15 is 0 Å². The highest BCUT2D eigenvalue weighted by Crippen LogP contribution is 2.44. The minimum atomic E-state index is -0.626. The van der Waals surface area contributed by atoms with E-state index in [9.17, 15) is 9.59 Å². The van der Waals surface area contributed by atoms with E-state index in [-0.39, 0.29) is 12.0 Å². The zero-order valence-corrected chi connectivity index (χ0v) is 29.5. The molecule has 1 aliphatic carbocycles. The number of anilines is 1. The fourth-order valence-electron chi connectivity index (χ4n) is 6.69. The molecular formula is C38H48BN3O6. The summed E-state index contributed by atoms with van der Waals surface area (Å²) in [6, 6.07) is 20.6. The maximum absolute atomic E-state index is 13.2. The summed E-state index contributed by atoms with van der Waals surface area (Å²) in [6.07, 6.45) is -0.798. The third kappa shape index (κ3) is 6.97. The van der Waals surface area contributed by atoms with Gasteiger partial charge in [0.1, 0.15) is 12.2 Å². The summed E-state index contributed by atoms with van der Waals surface area (Å²) < 4.78 is 24.3. The number of rotatable bonds is 6. The van der Waals surface area contributed by atoms with Crippen molar-refractivity contribution in [1.29, 1.82) is 0 Å². The Balaban J connectivity index is 1.12. The molecule has 2 amide bonds. The van der Waals surface area contributed by atoms with Gasteiger partial charge in [0.2, 0.25) is 0 Å². The summed E-state index contributed by atoms with van der Waals surface area (Å²) in [5.41, 5.74) is 6.77. The van der Waals surface area contributed by atoms with Crippen molar-refractivity contribution in [1.82, 2.24) is 9.80 Å². The van der Waals surface area contributed by atoms with Crippen LogP contribution in [0.1, 0.15) is 76.6 Å². The molecule has 1 N–H and O–H groups in total. The normalized spacial score (nSPS) is 18.8. The molecule has 0 saturated carbocycles. The fraction of sp³-hybridized carbons (Fsp3) is 0.474. The van der Waals surface area contributed by atoms with Gasteiger partial charge in [-0.25, -0.2) is 9.59 Å². The number of hydrogen-bond acceptors (Lipinski definition) is 7. The quantitative estimate of drug-likeness (QED) is 0.296. The first-order valence-electron chi connectivity index (χ1n) is 16.9. The number of piperazine rings is 1. The molecule has 48 heavy (non-hydrogen) atoms. The number of hydrogen-bond donors (Lipinski definition) is 1. The number of amides is 2. The van der Waals surface area contributed by atoms with Crippen LogP contribution in [0.5, 0.6) is 0 Å². The van der Waals surface area contributed by atoms with E-state index in [4.69, 9.17) is 18.8 Å². The van der Waals surface area contributed by atoms with Crippen molar-refractivity contribution in [2.45, 2.75) is 84.7 Å². The number of carbonyl (C=O) groups excluding carboxylic acids is 2. The molecule has 0 bridgehead atoms. The van der Waals surface area contributed by atoms with Gasteiger partial charge in [-0.05, 0) is 106 Å². The minimum absolute atomic E-state index is 0.0327. The summed E-state index contributed by atoms with van der Waals surface area (Å²) >= 11 is 0. The summed E-state index contributed by atoms with van der Waals surface area (Å²) in [4.78, 5) is 30.1. The molecule has 3 aromatic carbocycles. The van der Waals surface area contributed by atoms with E-state index in [1.807, 2.05) is 72.7 Å². The standard InChI is InChI=1S/C38H48BN3O6/c1-25-26(21-27(40-34(43)46-36(2,3)4)22-33(25)39-47-37(5,6)38(7,8)48-39)23-41-17-19-42(20-18-41)35(44)45-24-32-30-15-11-9-13-28(30)29-14-10-12-16-31(29)32/h9-16,21-22,32H,17-20,23-24H2,1-8H3,(H,40,43). The Hall–Kier alpha value is -3.86. The first kappa shape index (κ1) is 34.0. The number of benzene rings is 3. The van der Waals surface area contributed by atoms with Gasteiger partial charge >= 0.3 is 19.3 Å². The van der Waals surface area contributed by atoms with Crippen LogP contribution in [0.2, 0.25) is 0 Å². The summed E-state index contributed by atoms with van der Waals surface area (Å²) in [7, 11) is -0.584. The van der Waals surface area contributed by atoms with Crippen molar-refractivity contribution in [3.05, 3.63) is 82.9 Å². The maximum Gasteiger partial charge on any atom is 0.495 e. The number of ether oxygens (including phenoxy) is 2. The third-order valence-corrected chi connectivity index (χ3v) is 10.1. The third-order valence-electron chi connectivity index (χ3n) is 10.1. The van der Waals surface area contributed by atoms with Crippen molar-refractivity contribution in [3.63, 3.8) is 0 Å². The second-order valence-electron chi connectivity index (χ2n) is 15.1. The second-order valence-corrected chi connectivity index (χ2v) is 15.1. The van der Waals surface area contributed by atoms with Crippen molar-refractivity contribution < 1.29 is 28.4 Å². The van der Waals surface area contributed by atoms with Crippen LogP contribution in [0.4, 0.5) is 15.3 Å². The Bertz CT molecular complexity index is 1630. The molecule has 0 aromatic heterocycles. The molecule has 0 radical (unpaired) electrons. The Morgan fingerprint density at radius 3 is 2.02 bits per heavy atom. The number of carbonyl (C=O) groups is 2. The molecule has 2 fully saturated rings. The molecule has 6 rings (SSSR count). The van der Waals surface area contributed by atoms with Crippen LogP contribution in [-0.2, 0) is 25.3 Å². The lowest BCUT2D eigenvalue weighted by molar-refractivity contribution is 0.00578. The molecule has 2 heterocycles. The molecule has 9 nitrogen and oxygen atoms in total. The van der Waals surface area contributed by atoms with Crippen LogP contribution >= 0.6 is 0 Å². The van der Waals surface area contributed by atoms with E-state index in [1.54, 1.807) is 4.90 Å². The zero-order chi connectivity index (χ0) is 34.4. The van der Waals surface area contributed by atoms with Gasteiger partial charge in [-0.15, -0.1) is 0 Å². The lowest BCUT2D eigenvalue weighted by Gasteiger charge is -2.34. The second kappa shape index (κ2) is 12.9. The lowest BCUT2D eigenvalue weighted by Crippen LogP contribution is -2.48. The number of nitrogens with zero attached hydrogens (tertiary/aromatic N) is 2. The average Bonchev–Trinajstić information content (AvgIpc) is 3.45. The Morgan fingerprint density at radius 1 is 0.896 bits per heavy atom. The van der Waals surface area contributed by atoms with Gasteiger partial charge < -0.3 is 23.7 Å². The smallest absolute Gasteiger partial charge is 0.448 e. The first-order chi connectivity index (χ1) is 22.6. The molecular weight excluding hydrogens is 605 g/mol. The summed E-state index contributed by atoms with van der Waals surface area (Å²) in [5, 5.41) is 2.92. The van der Waals surface area contributed by atoms with Crippen molar-refractivity contribution >= 4 is 30.5 Å². The van der Waals surface area contributed by atoms with Crippen LogP contribution in [0, 0.1) is 6.92 Å². The van der Waals surface area contributed by atoms with Crippen LogP contribution in [0.25, 0.3) is 11.1 Å². The van der Waals surface area contributed by atoms with Gasteiger partial charge in [-0.3, -0.25) is 10.2 Å². The molecule has 2 saturated heterocycles. The number of nitrogens with one attached hydrogen (secondary N) is 1. The van der Waals surface area contributed by atoms with Gasteiger partial charge in [0.05, 0.1) is 11.2 Å². The fourth-order valence-corrected chi connectivity index (χ4v) is 6.69. The highest BCUT2D eigenvalue weighted by molar-refractivity contribution is 6.62. The predicted octanol–water partition coefficient (Wildman–Crippen LogP) is 6.71. The van der Waals surface area contributed by atoms with Crippen LogP contribution < -0.4 is 10.8 Å². The van der Waals surface area contributed by atoms with Crippen molar-refractivity contribution in [2.75, 3.05) is 38.1 Å². The molecule has 0 spiro atoms. The van der Waals surface area contributed by atoms with E-state index in [0.717, 1.165) is 16.6 Å². The summed E-state index contributed by atoms with van der Waals surface area (Å²) in [5.74, 6) is 0.0327.